The zero-order valence-corrected chi connectivity index (χ0v) is 23.9. The second-order valence-corrected chi connectivity index (χ2v) is 9.84. The Balaban J connectivity index is 0.000000488. The molecule has 0 aliphatic carbocycles. The molecule has 32 heavy (non-hydrogen) atoms. The van der Waals surface area contributed by atoms with Crippen molar-refractivity contribution in [1.82, 2.24) is 19.8 Å². The Bertz CT molecular complexity index is 728. The summed E-state index contributed by atoms with van der Waals surface area (Å²) < 4.78 is 0. The number of aliphatic hydroxyl groups excluding tert-OH is 1. The van der Waals surface area contributed by atoms with Crippen molar-refractivity contribution in [3.63, 3.8) is 0 Å². The number of hydrogen-bond acceptors (Lipinski definition) is 7. The monoisotopic (exact) mass is 484 g/mol. The molecule has 0 bridgehead atoms. The van der Waals surface area contributed by atoms with E-state index in [4.69, 9.17) is 5.11 Å². The number of thiazole rings is 2. The maximum atomic E-state index is 8.82. The van der Waals surface area contributed by atoms with Crippen molar-refractivity contribution in [1.29, 1.82) is 0 Å². The van der Waals surface area contributed by atoms with Crippen LogP contribution in [-0.4, -0.2) is 57.2 Å². The highest BCUT2D eigenvalue weighted by Crippen LogP contribution is 2.25. The van der Waals surface area contributed by atoms with E-state index in [1.807, 2.05) is 52.9 Å². The minimum Gasteiger partial charge on any atom is -0.395 e. The second-order valence-electron chi connectivity index (χ2n) is 7.27. The van der Waals surface area contributed by atoms with Gasteiger partial charge in [0.1, 0.15) is 0 Å². The van der Waals surface area contributed by atoms with Crippen LogP contribution in [0.3, 0.4) is 0 Å². The lowest BCUT2D eigenvalue weighted by atomic mass is 10.1. The molecular weight excluding hydrogens is 436 g/mol. The van der Waals surface area contributed by atoms with E-state index in [2.05, 4.69) is 47.5 Å². The summed E-state index contributed by atoms with van der Waals surface area (Å²) in [7, 11) is 0. The molecule has 2 aromatic heterocycles. The van der Waals surface area contributed by atoms with Gasteiger partial charge in [0.2, 0.25) is 0 Å². The molecule has 0 radical (unpaired) electrons. The van der Waals surface area contributed by atoms with Gasteiger partial charge in [0.25, 0.3) is 0 Å². The summed E-state index contributed by atoms with van der Waals surface area (Å²) in [5.74, 6) is 0. The van der Waals surface area contributed by atoms with E-state index in [0.717, 1.165) is 44.0 Å². The smallest absolute Gasteiger partial charge is 0.0900 e. The summed E-state index contributed by atoms with van der Waals surface area (Å²) >= 11 is 3.64. The Kier molecular flexibility index (Phi) is 17.1. The largest absolute Gasteiger partial charge is 0.395 e. The average molecular weight is 485 g/mol. The van der Waals surface area contributed by atoms with E-state index in [1.54, 1.807) is 11.3 Å². The number of nitrogens with zero attached hydrogens (tertiary/aromatic N) is 4. The van der Waals surface area contributed by atoms with Crippen molar-refractivity contribution in [2.45, 2.75) is 101 Å². The van der Waals surface area contributed by atoms with Gasteiger partial charge in [-0.15, -0.1) is 22.7 Å². The SMILES string of the molecule is CC.CC.CC.Cc1nc2c(s1)CN(C(C)C)CC2.Cc1nc2c(s1)CN(CCO)CC2. The first-order valence-corrected chi connectivity index (χ1v) is 14.1. The highest BCUT2D eigenvalue weighted by atomic mass is 32.1. The molecule has 4 rings (SSSR count). The fourth-order valence-electron chi connectivity index (χ4n) is 3.49. The van der Waals surface area contributed by atoms with Gasteiger partial charge < -0.3 is 5.11 Å². The minimum atomic E-state index is 0.257. The number of aromatic nitrogens is 2. The Morgan fingerprint density at radius 2 is 1.28 bits per heavy atom. The van der Waals surface area contributed by atoms with Crippen LogP contribution >= 0.6 is 22.7 Å². The summed E-state index contributed by atoms with van der Waals surface area (Å²) in [5, 5.41) is 11.2. The Labute approximate surface area is 205 Å². The Morgan fingerprint density at radius 3 is 1.75 bits per heavy atom. The number of hydrogen-bond donors (Lipinski definition) is 1. The quantitative estimate of drug-likeness (QED) is 0.570. The van der Waals surface area contributed by atoms with Crippen molar-refractivity contribution >= 4 is 22.7 Å². The highest BCUT2D eigenvalue weighted by Gasteiger charge is 2.21. The van der Waals surface area contributed by atoms with Gasteiger partial charge in [-0.3, -0.25) is 9.80 Å². The van der Waals surface area contributed by atoms with Crippen LogP contribution in [0.15, 0.2) is 0 Å². The molecule has 0 amide bonds. The summed E-state index contributed by atoms with van der Waals surface area (Å²) in [6.45, 7) is 26.0. The lowest BCUT2D eigenvalue weighted by Gasteiger charge is -2.29. The molecule has 0 atom stereocenters. The molecule has 2 aliphatic rings. The number of aliphatic hydroxyl groups is 1. The maximum absolute atomic E-state index is 8.82. The topological polar surface area (TPSA) is 52.5 Å². The first kappa shape index (κ1) is 31.1. The molecule has 0 aromatic carbocycles. The number of rotatable bonds is 3. The van der Waals surface area contributed by atoms with Crippen molar-refractivity contribution in [3.05, 3.63) is 31.2 Å². The van der Waals surface area contributed by atoms with Crippen molar-refractivity contribution in [2.24, 2.45) is 0 Å². The van der Waals surface area contributed by atoms with Crippen molar-refractivity contribution < 1.29 is 5.11 Å². The zero-order valence-electron chi connectivity index (χ0n) is 22.3. The van der Waals surface area contributed by atoms with Crippen LogP contribution in [0, 0.1) is 13.8 Å². The average Bonchev–Trinajstić information content (AvgIpc) is 3.38. The van der Waals surface area contributed by atoms with Gasteiger partial charge in [0.05, 0.1) is 28.0 Å². The van der Waals surface area contributed by atoms with E-state index in [0.29, 0.717) is 6.04 Å². The van der Waals surface area contributed by atoms with E-state index in [1.165, 1.54) is 32.7 Å². The molecule has 0 saturated carbocycles. The summed E-state index contributed by atoms with van der Waals surface area (Å²) in [6, 6.07) is 0.663. The van der Waals surface area contributed by atoms with E-state index < -0.39 is 0 Å². The Hall–Kier alpha value is -0.860. The third kappa shape index (κ3) is 9.96. The predicted octanol–water partition coefficient (Wildman–Crippen LogP) is 6.10. The van der Waals surface area contributed by atoms with Crippen LogP contribution in [0.2, 0.25) is 0 Å². The molecule has 5 nitrogen and oxygen atoms in total. The predicted molar refractivity (Wildman–Crippen MR) is 143 cm³/mol. The summed E-state index contributed by atoms with van der Waals surface area (Å²) in [5.41, 5.74) is 2.62. The standard InChI is InChI=1S/C10H16N2S.C9H14N2OS.3C2H6/c1-7(2)12-5-4-9-10(6-12)13-8(3)11-9;1-7-10-8-2-3-11(4-5-12)6-9(8)13-7;3*1-2/h7H,4-6H2,1-3H3;12H,2-6H2,1H3;3*1-2H3. The molecule has 0 unspecified atom stereocenters. The van der Waals surface area contributed by atoms with Crippen LogP contribution in [-0.2, 0) is 25.9 Å². The van der Waals surface area contributed by atoms with Gasteiger partial charge in [-0.25, -0.2) is 9.97 Å². The van der Waals surface area contributed by atoms with Crippen LogP contribution in [0.4, 0.5) is 0 Å². The van der Waals surface area contributed by atoms with E-state index >= 15 is 0 Å². The molecule has 7 heteroatoms. The highest BCUT2D eigenvalue weighted by molar-refractivity contribution is 7.11. The second kappa shape index (κ2) is 17.6. The van der Waals surface area contributed by atoms with Crippen LogP contribution in [0.5, 0.6) is 0 Å². The minimum absolute atomic E-state index is 0.257. The van der Waals surface area contributed by atoms with E-state index in [9.17, 15) is 0 Å². The Morgan fingerprint density at radius 1 is 0.812 bits per heavy atom. The van der Waals surface area contributed by atoms with Gasteiger partial charge in [-0.2, -0.15) is 0 Å². The first-order chi connectivity index (χ1) is 15.5. The van der Waals surface area contributed by atoms with Crippen molar-refractivity contribution in [2.75, 3.05) is 26.2 Å². The summed E-state index contributed by atoms with van der Waals surface area (Å²) in [4.78, 5) is 16.7. The number of aryl methyl sites for hydroxylation is 2. The van der Waals surface area contributed by atoms with Crippen molar-refractivity contribution in [3.8, 4) is 0 Å². The number of β-amino-alcohol motifs (C(OH)–C–C–N with tert-alkyl or cyclic N) is 1. The lowest BCUT2D eigenvalue weighted by Crippen LogP contribution is -2.35. The van der Waals surface area contributed by atoms with Crippen LogP contribution < -0.4 is 0 Å². The zero-order chi connectivity index (χ0) is 24.7. The molecule has 4 heterocycles. The summed E-state index contributed by atoms with van der Waals surface area (Å²) in [6.07, 6.45) is 2.18. The third-order valence-electron chi connectivity index (χ3n) is 4.93. The van der Waals surface area contributed by atoms with E-state index in [-0.39, 0.29) is 6.61 Å². The molecular formula is C25H48N4OS2. The first-order valence-electron chi connectivity index (χ1n) is 12.4. The van der Waals surface area contributed by atoms with Gasteiger partial charge in [0, 0.05) is 61.4 Å². The van der Waals surface area contributed by atoms with Gasteiger partial charge >= 0.3 is 0 Å². The van der Waals surface area contributed by atoms with Gasteiger partial charge in [-0.05, 0) is 27.7 Å². The molecule has 0 saturated heterocycles. The lowest BCUT2D eigenvalue weighted by molar-refractivity contribution is 0.185. The normalized spacial score (nSPS) is 14.9. The van der Waals surface area contributed by atoms with Gasteiger partial charge in [0.15, 0.2) is 0 Å². The third-order valence-corrected chi connectivity index (χ3v) is 6.93. The molecule has 2 aromatic rings. The van der Waals surface area contributed by atoms with Crippen LogP contribution in [0.25, 0.3) is 0 Å². The fraction of sp³-hybridized carbons (Fsp3) is 0.760. The fourth-order valence-corrected chi connectivity index (χ4v) is 5.53. The molecule has 0 spiro atoms. The molecule has 186 valence electrons. The maximum Gasteiger partial charge on any atom is 0.0900 e. The molecule has 1 N–H and O–H groups in total. The number of fused-ring (bicyclic) bond motifs is 2. The van der Waals surface area contributed by atoms with Gasteiger partial charge in [-0.1, -0.05) is 41.5 Å². The van der Waals surface area contributed by atoms with Crippen LogP contribution in [0.1, 0.15) is 86.5 Å². The molecule has 2 aliphatic heterocycles. The molecule has 0 fully saturated rings.